The lowest BCUT2D eigenvalue weighted by Gasteiger charge is -2.32. The number of aliphatic hydroxyl groups is 1. The Balaban J connectivity index is 2.62. The molecular weight excluding hydrogens is 520 g/mol. The smallest absolute Gasteiger partial charge is 0.405 e. The number of ketones is 2. The van der Waals surface area contributed by atoms with Crippen molar-refractivity contribution in [2.24, 2.45) is 17.6 Å². The molecule has 4 N–H and O–H groups in total. The molecule has 11 nitrogen and oxygen atoms in total. The van der Waals surface area contributed by atoms with Gasteiger partial charge in [-0.1, -0.05) is 38.2 Å². The summed E-state index contributed by atoms with van der Waals surface area (Å²) >= 11 is 0. The van der Waals surface area contributed by atoms with E-state index >= 15 is 0 Å². The summed E-state index contributed by atoms with van der Waals surface area (Å²) in [4.78, 5) is 50.4. The van der Waals surface area contributed by atoms with Gasteiger partial charge in [0.1, 0.15) is 6.10 Å². The summed E-state index contributed by atoms with van der Waals surface area (Å²) in [6.45, 7) is 6.86. The SMILES string of the molecule is CO[C@H]1C[C@H](C)[C@@H](OC)C2=CC(=O)C=C(NC(=O)/C(C)=C\C=C\[C@@H](OC)[C@H](OC(N)=O)/C(C)=C\[C@@H](C)[C@@H]1O)C2=O. The van der Waals surface area contributed by atoms with Gasteiger partial charge in [-0.3, -0.25) is 14.4 Å². The number of allylic oxidation sites excluding steroid dienone is 5. The summed E-state index contributed by atoms with van der Waals surface area (Å²) < 4.78 is 22.1. The number of primary amides is 1. The minimum Gasteiger partial charge on any atom is -0.439 e. The highest BCUT2D eigenvalue weighted by Gasteiger charge is 2.35. The first kappa shape index (κ1) is 32.8. The van der Waals surface area contributed by atoms with Gasteiger partial charge < -0.3 is 35.1 Å². The lowest BCUT2D eigenvalue weighted by Crippen LogP contribution is -2.40. The first-order valence-corrected chi connectivity index (χ1v) is 12.9. The molecule has 0 saturated heterocycles. The van der Waals surface area contributed by atoms with Gasteiger partial charge in [0.15, 0.2) is 11.9 Å². The highest BCUT2D eigenvalue weighted by atomic mass is 16.6. The third-order valence-electron chi connectivity index (χ3n) is 7.04. The predicted molar refractivity (Wildman–Crippen MR) is 147 cm³/mol. The number of nitrogens with two attached hydrogens (primary N) is 1. The fourth-order valence-electron chi connectivity index (χ4n) is 4.86. The summed E-state index contributed by atoms with van der Waals surface area (Å²) in [5.74, 6) is -2.44. The quantitative estimate of drug-likeness (QED) is 0.345. The third-order valence-corrected chi connectivity index (χ3v) is 7.04. The number of nitrogens with one attached hydrogen (secondary N) is 1. The lowest BCUT2D eigenvalue weighted by atomic mass is 9.84. The van der Waals surface area contributed by atoms with E-state index in [0.717, 1.165) is 6.08 Å². The van der Waals surface area contributed by atoms with Crippen molar-refractivity contribution in [1.29, 1.82) is 0 Å². The molecule has 2 bridgehead atoms. The number of rotatable bonds is 4. The second-order valence-corrected chi connectivity index (χ2v) is 10.0. The normalized spacial score (nSPS) is 34.4. The summed E-state index contributed by atoms with van der Waals surface area (Å²) in [6, 6.07) is 0. The van der Waals surface area contributed by atoms with Crippen molar-refractivity contribution in [2.75, 3.05) is 21.3 Å². The van der Waals surface area contributed by atoms with Crippen LogP contribution in [0.1, 0.15) is 34.1 Å². The van der Waals surface area contributed by atoms with Crippen molar-refractivity contribution < 1.29 is 43.2 Å². The number of Topliss-reactive ketones (excluding diaryl/α,β-unsaturated/α-hetero) is 1. The standard InChI is InChI=1S/C29H40N2O9/c1-15-9-8-10-22(37-5)27(40-29(30)36)17(3)11-16(2)24(33)23(38-6)12-18(4)26(39-7)20-13-19(32)14-21(25(20)34)31-28(15)35/h8-11,13-14,16,18,22-24,26-27,33H,12H2,1-7H3,(H2,30,36)(H,31,35)/b10-8+,15-9-,17-11-/t16-,18+,22-,23+,24+,26-,27-/m1/s1. The van der Waals surface area contributed by atoms with Gasteiger partial charge >= 0.3 is 6.09 Å². The molecule has 0 saturated carbocycles. The van der Waals surface area contributed by atoms with E-state index < -0.39 is 60.0 Å². The highest BCUT2D eigenvalue weighted by molar-refractivity contribution is 6.22. The summed E-state index contributed by atoms with van der Waals surface area (Å²) in [5.41, 5.74) is 6.06. The van der Waals surface area contributed by atoms with Crippen molar-refractivity contribution >= 4 is 23.6 Å². The summed E-state index contributed by atoms with van der Waals surface area (Å²) in [5, 5.41) is 13.7. The van der Waals surface area contributed by atoms with E-state index in [1.807, 2.05) is 6.92 Å². The highest BCUT2D eigenvalue weighted by Crippen LogP contribution is 2.29. The van der Waals surface area contributed by atoms with Crippen molar-refractivity contribution in [2.45, 2.75) is 64.6 Å². The number of methoxy groups -OCH3 is 3. The van der Waals surface area contributed by atoms with E-state index in [1.54, 1.807) is 26.0 Å². The van der Waals surface area contributed by atoms with Crippen LogP contribution in [-0.2, 0) is 33.3 Å². The first-order chi connectivity index (χ1) is 18.8. The van der Waals surface area contributed by atoms with Crippen LogP contribution in [0.25, 0.3) is 0 Å². The van der Waals surface area contributed by atoms with Gasteiger partial charge in [-0.25, -0.2) is 4.79 Å². The Morgan fingerprint density at radius 3 is 2.27 bits per heavy atom. The molecule has 0 aromatic heterocycles. The molecule has 0 aromatic rings. The third kappa shape index (κ3) is 8.31. The van der Waals surface area contributed by atoms with E-state index in [0.29, 0.717) is 5.57 Å². The number of carbonyl (C=O) groups is 4. The number of carbonyl (C=O) groups excluding carboxylic acids is 4. The van der Waals surface area contributed by atoms with Crippen LogP contribution >= 0.6 is 0 Å². The second-order valence-electron chi connectivity index (χ2n) is 10.0. The first-order valence-electron chi connectivity index (χ1n) is 12.9. The Morgan fingerprint density at radius 2 is 1.70 bits per heavy atom. The van der Waals surface area contributed by atoms with Gasteiger partial charge in [0.2, 0.25) is 5.78 Å². The van der Waals surface area contributed by atoms with Gasteiger partial charge in [0.05, 0.1) is 24.0 Å². The molecule has 0 spiro atoms. The molecule has 7 atom stereocenters. The van der Waals surface area contributed by atoms with E-state index in [4.69, 9.17) is 24.7 Å². The Labute approximate surface area is 234 Å². The molecule has 0 unspecified atom stereocenters. The second kappa shape index (κ2) is 14.8. The van der Waals surface area contributed by atoms with E-state index in [9.17, 15) is 24.3 Å². The van der Waals surface area contributed by atoms with Gasteiger partial charge in [-0.05, 0) is 37.8 Å². The van der Waals surface area contributed by atoms with Crippen molar-refractivity contribution in [3.05, 3.63) is 58.9 Å². The number of aliphatic hydroxyl groups excluding tert-OH is 1. The number of amides is 2. The number of fused-ring (bicyclic) bond motifs is 2. The maximum absolute atomic E-state index is 13.3. The Bertz CT molecular complexity index is 1130. The minimum absolute atomic E-state index is 0.0970. The Hall–Kier alpha value is -3.38. The van der Waals surface area contributed by atoms with E-state index in [-0.39, 0.29) is 29.2 Å². The maximum atomic E-state index is 13.3. The predicted octanol–water partition coefficient (Wildman–Crippen LogP) is 2.06. The molecule has 2 amide bonds. The average Bonchev–Trinajstić information content (AvgIpc) is 2.90. The van der Waals surface area contributed by atoms with Crippen molar-refractivity contribution in [3.8, 4) is 0 Å². The molecule has 40 heavy (non-hydrogen) atoms. The molecular formula is C29H40N2O9. The van der Waals surface area contributed by atoms with E-state index in [1.165, 1.54) is 46.5 Å². The molecule has 2 rings (SSSR count). The van der Waals surface area contributed by atoms with Crippen LogP contribution < -0.4 is 11.1 Å². The van der Waals surface area contributed by atoms with Crippen LogP contribution in [0.3, 0.4) is 0 Å². The van der Waals surface area contributed by atoms with Crippen molar-refractivity contribution in [1.82, 2.24) is 5.32 Å². The largest absolute Gasteiger partial charge is 0.439 e. The molecule has 1 aliphatic heterocycles. The van der Waals surface area contributed by atoms with E-state index in [2.05, 4.69) is 5.32 Å². The van der Waals surface area contributed by atoms with Gasteiger partial charge in [0, 0.05) is 44.5 Å². The Kier molecular flexibility index (Phi) is 12.2. The molecule has 1 heterocycles. The summed E-state index contributed by atoms with van der Waals surface area (Å²) in [6.07, 6.45) is 3.68. The number of hydrogen-bond donors (Lipinski definition) is 3. The van der Waals surface area contributed by atoms with Crippen LogP contribution in [0.15, 0.2) is 58.9 Å². The summed E-state index contributed by atoms with van der Waals surface area (Å²) in [7, 11) is 4.31. The van der Waals surface area contributed by atoms with Crippen LogP contribution in [0.4, 0.5) is 4.79 Å². The van der Waals surface area contributed by atoms with Crippen LogP contribution in [0.5, 0.6) is 0 Å². The monoisotopic (exact) mass is 560 g/mol. The molecule has 11 heteroatoms. The lowest BCUT2D eigenvalue weighted by molar-refractivity contribution is -0.120. The molecule has 220 valence electrons. The number of ether oxygens (including phenoxy) is 4. The number of hydrogen-bond acceptors (Lipinski definition) is 9. The molecule has 1 aliphatic carbocycles. The zero-order chi connectivity index (χ0) is 30.1. The average molecular weight is 561 g/mol. The van der Waals surface area contributed by atoms with Crippen LogP contribution in [0.2, 0.25) is 0 Å². The zero-order valence-corrected chi connectivity index (χ0v) is 24.0. The van der Waals surface area contributed by atoms with Gasteiger partial charge in [0.25, 0.3) is 5.91 Å². The topological polar surface area (TPSA) is 163 Å². The maximum Gasteiger partial charge on any atom is 0.405 e. The molecule has 0 fully saturated rings. The molecule has 0 aromatic carbocycles. The van der Waals surface area contributed by atoms with Crippen LogP contribution in [0, 0.1) is 11.8 Å². The van der Waals surface area contributed by atoms with Gasteiger partial charge in [-0.15, -0.1) is 0 Å². The minimum atomic E-state index is -1.01. The Morgan fingerprint density at radius 1 is 1.02 bits per heavy atom. The fourth-order valence-corrected chi connectivity index (χ4v) is 4.86. The zero-order valence-electron chi connectivity index (χ0n) is 24.0. The molecule has 2 aliphatic rings. The fraction of sp³-hybridized carbons (Fsp3) is 0.517. The molecule has 0 radical (unpaired) electrons. The van der Waals surface area contributed by atoms with Crippen LogP contribution in [-0.4, -0.2) is 80.5 Å². The van der Waals surface area contributed by atoms with Crippen molar-refractivity contribution in [3.63, 3.8) is 0 Å². The van der Waals surface area contributed by atoms with Gasteiger partial charge in [-0.2, -0.15) is 0 Å².